The largest absolute Gasteiger partial charge is 0.467 e. The van der Waals surface area contributed by atoms with Gasteiger partial charge >= 0.3 is 5.97 Å². The molecule has 1 saturated carbocycles. The van der Waals surface area contributed by atoms with Crippen LogP contribution in [0.4, 0.5) is 11.4 Å². The van der Waals surface area contributed by atoms with Gasteiger partial charge < -0.3 is 25.1 Å². The predicted octanol–water partition coefficient (Wildman–Crippen LogP) is 4.36. The topological polar surface area (TPSA) is 110 Å². The Hall–Kier alpha value is -4.07. The lowest BCUT2D eigenvalue weighted by Crippen LogP contribution is -2.33. The number of hydrogen-bond donors (Lipinski definition) is 3. The van der Waals surface area contributed by atoms with E-state index in [0.29, 0.717) is 29.0 Å². The first-order valence-corrected chi connectivity index (χ1v) is 11.3. The monoisotopic (exact) mass is 461 g/mol. The molecule has 1 aliphatic rings. The summed E-state index contributed by atoms with van der Waals surface area (Å²) in [5, 5.41) is 8.83. The normalized spacial score (nSPS) is 13.3. The molecule has 3 N–H and O–H groups in total. The van der Waals surface area contributed by atoms with Gasteiger partial charge in [0.1, 0.15) is 5.76 Å². The number of esters is 1. The average Bonchev–Trinajstić information content (AvgIpc) is 3.56. The highest BCUT2D eigenvalue weighted by Crippen LogP contribution is 2.21. The fourth-order valence-electron chi connectivity index (χ4n) is 3.93. The van der Waals surface area contributed by atoms with Crippen molar-refractivity contribution in [3.05, 3.63) is 83.8 Å². The van der Waals surface area contributed by atoms with Gasteiger partial charge in [0, 0.05) is 11.7 Å². The Morgan fingerprint density at radius 3 is 2.32 bits per heavy atom. The van der Waals surface area contributed by atoms with E-state index in [-0.39, 0.29) is 11.9 Å². The fraction of sp³-hybridized carbons (Fsp3) is 0.269. The van der Waals surface area contributed by atoms with Crippen LogP contribution in [0, 0.1) is 0 Å². The number of nitrogens with one attached hydrogen (secondary N) is 3. The molecule has 176 valence electrons. The SMILES string of the molecule is O=C(COC(=O)c1ccccc1NCc1ccco1)Nc1ccccc1C(=O)NC1CCCC1. The Balaban J connectivity index is 1.33. The highest BCUT2D eigenvalue weighted by Gasteiger charge is 2.21. The number of furan rings is 1. The number of ether oxygens (including phenoxy) is 1. The van der Waals surface area contributed by atoms with Crippen molar-refractivity contribution in [3.8, 4) is 0 Å². The molecule has 0 spiro atoms. The fourth-order valence-corrected chi connectivity index (χ4v) is 3.93. The number of hydrogen-bond acceptors (Lipinski definition) is 6. The van der Waals surface area contributed by atoms with Crippen LogP contribution in [0.3, 0.4) is 0 Å². The third-order valence-electron chi connectivity index (χ3n) is 5.65. The standard InChI is InChI=1S/C26H27N3O5/c30-24(29-23-14-6-3-11-20(23)25(31)28-18-8-1-2-9-18)17-34-26(32)21-12-4-5-13-22(21)27-16-19-10-7-15-33-19/h3-7,10-15,18,27H,1-2,8-9,16-17H2,(H,28,31)(H,29,30). The minimum Gasteiger partial charge on any atom is -0.467 e. The van der Waals surface area contributed by atoms with E-state index < -0.39 is 18.5 Å². The number of rotatable bonds is 9. The number of benzene rings is 2. The van der Waals surface area contributed by atoms with Crippen LogP contribution < -0.4 is 16.0 Å². The van der Waals surface area contributed by atoms with Crippen LogP contribution in [0.25, 0.3) is 0 Å². The van der Waals surface area contributed by atoms with E-state index in [9.17, 15) is 14.4 Å². The van der Waals surface area contributed by atoms with Crippen LogP contribution in [0.15, 0.2) is 71.3 Å². The van der Waals surface area contributed by atoms with Gasteiger partial charge in [0.05, 0.1) is 29.6 Å². The summed E-state index contributed by atoms with van der Waals surface area (Å²) in [6.07, 6.45) is 5.72. The Morgan fingerprint density at radius 2 is 1.59 bits per heavy atom. The lowest BCUT2D eigenvalue weighted by Gasteiger charge is -2.15. The first-order valence-electron chi connectivity index (χ1n) is 11.3. The Labute approximate surface area is 197 Å². The van der Waals surface area contributed by atoms with Crippen LogP contribution in [-0.4, -0.2) is 30.4 Å². The molecule has 4 rings (SSSR count). The van der Waals surface area contributed by atoms with E-state index in [0.717, 1.165) is 31.4 Å². The van der Waals surface area contributed by atoms with Crippen molar-refractivity contribution in [2.45, 2.75) is 38.3 Å². The third kappa shape index (κ3) is 6.04. The third-order valence-corrected chi connectivity index (χ3v) is 5.65. The number of amides is 2. The molecule has 8 heteroatoms. The summed E-state index contributed by atoms with van der Waals surface area (Å²) in [6, 6.07) is 17.4. The lowest BCUT2D eigenvalue weighted by atomic mass is 10.1. The van der Waals surface area contributed by atoms with Crippen molar-refractivity contribution in [1.82, 2.24) is 5.32 Å². The van der Waals surface area contributed by atoms with Gasteiger partial charge in [0.2, 0.25) is 0 Å². The zero-order valence-corrected chi connectivity index (χ0v) is 18.7. The van der Waals surface area contributed by atoms with E-state index in [4.69, 9.17) is 9.15 Å². The van der Waals surface area contributed by atoms with Gasteiger partial charge in [-0.25, -0.2) is 4.79 Å². The number of carbonyl (C=O) groups is 3. The maximum Gasteiger partial charge on any atom is 0.340 e. The quantitative estimate of drug-likeness (QED) is 0.409. The molecule has 1 aliphatic carbocycles. The van der Waals surface area contributed by atoms with E-state index in [2.05, 4.69) is 16.0 Å². The zero-order valence-electron chi connectivity index (χ0n) is 18.7. The maximum atomic E-state index is 12.7. The van der Waals surface area contributed by atoms with E-state index in [1.165, 1.54) is 0 Å². The second-order valence-electron chi connectivity index (χ2n) is 8.10. The molecule has 3 aromatic rings. The molecule has 0 radical (unpaired) electrons. The Morgan fingerprint density at radius 1 is 0.882 bits per heavy atom. The Bertz CT molecular complexity index is 1140. The first-order chi connectivity index (χ1) is 16.6. The second-order valence-corrected chi connectivity index (χ2v) is 8.10. The van der Waals surface area contributed by atoms with Gasteiger partial charge in [0.25, 0.3) is 11.8 Å². The molecule has 1 aromatic heterocycles. The van der Waals surface area contributed by atoms with Crippen LogP contribution in [-0.2, 0) is 16.1 Å². The summed E-state index contributed by atoms with van der Waals surface area (Å²) in [4.78, 5) is 37.8. The van der Waals surface area contributed by atoms with Gasteiger partial charge in [-0.1, -0.05) is 37.1 Å². The molecular weight excluding hydrogens is 434 g/mol. The van der Waals surface area contributed by atoms with E-state index in [1.807, 2.05) is 6.07 Å². The highest BCUT2D eigenvalue weighted by molar-refractivity contribution is 6.04. The second kappa shape index (κ2) is 11.2. The van der Waals surface area contributed by atoms with Gasteiger partial charge in [-0.15, -0.1) is 0 Å². The zero-order chi connectivity index (χ0) is 23.8. The summed E-state index contributed by atoms with van der Waals surface area (Å²) < 4.78 is 10.5. The minimum absolute atomic E-state index is 0.165. The van der Waals surface area contributed by atoms with Gasteiger partial charge in [0.15, 0.2) is 6.61 Å². The van der Waals surface area contributed by atoms with Gasteiger partial charge in [-0.2, -0.15) is 0 Å². The van der Waals surface area contributed by atoms with Crippen LogP contribution in [0.5, 0.6) is 0 Å². The molecule has 2 amide bonds. The number of anilines is 2. The molecule has 0 unspecified atom stereocenters. The van der Waals surface area contributed by atoms with Crippen molar-refractivity contribution in [2.24, 2.45) is 0 Å². The summed E-state index contributed by atoms with van der Waals surface area (Å²) in [7, 11) is 0. The van der Waals surface area contributed by atoms with Gasteiger partial charge in [-0.3, -0.25) is 9.59 Å². The number of carbonyl (C=O) groups excluding carboxylic acids is 3. The summed E-state index contributed by atoms with van der Waals surface area (Å²) in [6.45, 7) is -0.0819. The van der Waals surface area contributed by atoms with Crippen LogP contribution in [0.2, 0.25) is 0 Å². The van der Waals surface area contributed by atoms with Crippen LogP contribution in [0.1, 0.15) is 52.2 Å². The minimum atomic E-state index is -0.634. The molecule has 34 heavy (non-hydrogen) atoms. The van der Waals surface area contributed by atoms with Crippen molar-refractivity contribution < 1.29 is 23.5 Å². The Kier molecular flexibility index (Phi) is 7.60. The molecule has 1 heterocycles. The lowest BCUT2D eigenvalue weighted by molar-refractivity contribution is -0.119. The first kappa shape index (κ1) is 23.1. The van der Waals surface area contributed by atoms with Crippen LogP contribution >= 0.6 is 0 Å². The highest BCUT2D eigenvalue weighted by atomic mass is 16.5. The molecule has 0 saturated heterocycles. The average molecular weight is 462 g/mol. The predicted molar refractivity (Wildman–Crippen MR) is 128 cm³/mol. The summed E-state index contributed by atoms with van der Waals surface area (Å²) >= 11 is 0. The molecular formula is C26H27N3O5. The summed E-state index contributed by atoms with van der Waals surface area (Å²) in [5.41, 5.74) is 1.62. The van der Waals surface area contributed by atoms with E-state index >= 15 is 0 Å². The van der Waals surface area contributed by atoms with Crippen molar-refractivity contribution >= 4 is 29.2 Å². The molecule has 2 aromatic carbocycles. The van der Waals surface area contributed by atoms with Crippen molar-refractivity contribution in [1.29, 1.82) is 0 Å². The number of para-hydroxylation sites is 2. The molecule has 1 fully saturated rings. The molecule has 0 atom stereocenters. The molecule has 0 aliphatic heterocycles. The smallest absolute Gasteiger partial charge is 0.340 e. The molecule has 0 bridgehead atoms. The maximum absolute atomic E-state index is 12.7. The van der Waals surface area contributed by atoms with Gasteiger partial charge in [-0.05, 0) is 49.2 Å². The molecule has 8 nitrogen and oxygen atoms in total. The van der Waals surface area contributed by atoms with Crippen molar-refractivity contribution in [2.75, 3.05) is 17.2 Å². The summed E-state index contributed by atoms with van der Waals surface area (Å²) in [5.74, 6) is -0.671. The van der Waals surface area contributed by atoms with Crippen molar-refractivity contribution in [3.63, 3.8) is 0 Å². The van der Waals surface area contributed by atoms with E-state index in [1.54, 1.807) is 60.9 Å².